The van der Waals surface area contributed by atoms with Gasteiger partial charge in [0.05, 0.1) is 13.1 Å². The van der Waals surface area contributed by atoms with E-state index in [1.165, 1.54) is 4.90 Å². The molecule has 2 heterocycles. The van der Waals surface area contributed by atoms with Crippen LogP contribution in [0.5, 0.6) is 0 Å². The molecular weight excluding hydrogens is 266 g/mol. The van der Waals surface area contributed by atoms with Crippen molar-refractivity contribution in [1.29, 1.82) is 5.26 Å². The van der Waals surface area contributed by atoms with Gasteiger partial charge in [0.15, 0.2) is 6.19 Å². The first-order chi connectivity index (χ1) is 9.11. The smallest absolute Gasteiger partial charge is 0.290 e. The molecule has 1 aliphatic rings. The lowest BCUT2D eigenvalue weighted by molar-refractivity contribution is -0.123. The Hall–Kier alpha value is -2.13. The van der Waals surface area contributed by atoms with Gasteiger partial charge >= 0.3 is 0 Å². The Bertz CT molecular complexity index is 548. The summed E-state index contributed by atoms with van der Waals surface area (Å²) in [5.41, 5.74) is 0.787. The molecule has 98 valence electrons. The summed E-state index contributed by atoms with van der Waals surface area (Å²) in [6.45, 7) is 1.33. The van der Waals surface area contributed by atoms with E-state index < -0.39 is 0 Å². The number of amidine groups is 1. The predicted octanol–water partition coefficient (Wildman–Crippen LogP) is 0.889. The molecule has 0 spiro atoms. The lowest BCUT2D eigenvalue weighted by Gasteiger charge is -2.26. The molecule has 0 radical (unpaired) electrons. The number of likely N-dealkylation sites (N-methyl/N-ethyl adjacent to an activating group) is 1. The molecule has 0 N–H and O–H groups in total. The second kappa shape index (κ2) is 5.67. The van der Waals surface area contributed by atoms with Crippen molar-refractivity contribution in [3.63, 3.8) is 0 Å². The number of nitriles is 1. The predicted molar refractivity (Wildman–Crippen MR) is 70.3 cm³/mol. The lowest BCUT2D eigenvalue weighted by atomic mass is 10.2. The van der Waals surface area contributed by atoms with Gasteiger partial charge in [-0.2, -0.15) is 5.26 Å². The maximum absolute atomic E-state index is 11.9. The number of hydrogen-bond acceptors (Lipinski definition) is 5. The number of aliphatic imine (C=N–C) groups is 1. The number of halogens is 1. The standard InChI is InChI=1S/C12H12ClN5O/c1-17-5-4-15-11(12(17)19)18(8-14)7-9-2-3-10(13)16-6-9/h2-3,6H,4-5,7H2,1H3. The minimum atomic E-state index is -0.241. The van der Waals surface area contributed by atoms with Crippen molar-refractivity contribution in [2.45, 2.75) is 6.54 Å². The number of rotatable bonds is 2. The van der Waals surface area contributed by atoms with Crippen molar-refractivity contribution >= 4 is 23.3 Å². The molecule has 1 aliphatic heterocycles. The molecule has 19 heavy (non-hydrogen) atoms. The van der Waals surface area contributed by atoms with E-state index in [1.807, 2.05) is 6.19 Å². The molecule has 0 bridgehead atoms. The van der Waals surface area contributed by atoms with Crippen molar-refractivity contribution in [3.05, 3.63) is 29.0 Å². The highest BCUT2D eigenvalue weighted by Crippen LogP contribution is 2.10. The van der Waals surface area contributed by atoms with Crippen LogP contribution in [0.1, 0.15) is 5.56 Å². The van der Waals surface area contributed by atoms with Crippen LogP contribution in [0, 0.1) is 11.5 Å². The molecule has 2 rings (SSSR count). The van der Waals surface area contributed by atoms with Crippen LogP contribution >= 0.6 is 11.6 Å². The molecule has 0 unspecified atom stereocenters. The van der Waals surface area contributed by atoms with Crippen molar-refractivity contribution in [2.24, 2.45) is 4.99 Å². The lowest BCUT2D eigenvalue weighted by Crippen LogP contribution is -2.46. The third-order valence-corrected chi connectivity index (χ3v) is 2.96. The zero-order valence-electron chi connectivity index (χ0n) is 10.4. The average Bonchev–Trinajstić information content (AvgIpc) is 2.42. The van der Waals surface area contributed by atoms with Gasteiger partial charge in [-0.1, -0.05) is 17.7 Å². The number of amides is 1. The molecule has 0 aliphatic carbocycles. The van der Waals surface area contributed by atoms with E-state index in [0.29, 0.717) is 18.2 Å². The number of aromatic nitrogens is 1. The Labute approximate surface area is 115 Å². The minimum absolute atomic E-state index is 0.172. The summed E-state index contributed by atoms with van der Waals surface area (Å²) in [6, 6.07) is 3.40. The summed E-state index contributed by atoms with van der Waals surface area (Å²) in [6.07, 6.45) is 3.55. The Balaban J connectivity index is 2.17. The van der Waals surface area contributed by atoms with Gasteiger partial charge in [-0.05, 0) is 11.6 Å². The Morgan fingerprint density at radius 1 is 1.58 bits per heavy atom. The monoisotopic (exact) mass is 277 g/mol. The topological polar surface area (TPSA) is 72.6 Å². The van der Waals surface area contributed by atoms with Crippen LogP contribution in [-0.2, 0) is 11.3 Å². The normalized spacial score (nSPS) is 14.9. The molecule has 1 aromatic heterocycles. The van der Waals surface area contributed by atoms with Gasteiger partial charge in [0.25, 0.3) is 5.91 Å². The van der Waals surface area contributed by atoms with Crippen LogP contribution in [0.4, 0.5) is 0 Å². The van der Waals surface area contributed by atoms with Crippen LogP contribution in [0.2, 0.25) is 5.15 Å². The van der Waals surface area contributed by atoms with E-state index in [2.05, 4.69) is 9.98 Å². The van der Waals surface area contributed by atoms with Gasteiger partial charge in [0.1, 0.15) is 5.15 Å². The van der Waals surface area contributed by atoms with E-state index in [9.17, 15) is 10.1 Å². The Morgan fingerprint density at radius 2 is 2.37 bits per heavy atom. The highest BCUT2D eigenvalue weighted by Gasteiger charge is 2.25. The van der Waals surface area contributed by atoms with Gasteiger partial charge in [-0.25, -0.2) is 4.98 Å². The summed E-state index contributed by atoms with van der Waals surface area (Å²) in [4.78, 5) is 22.8. The fourth-order valence-corrected chi connectivity index (χ4v) is 1.80. The molecule has 0 atom stereocenters. The highest BCUT2D eigenvalue weighted by atomic mass is 35.5. The number of carbonyl (C=O) groups is 1. The molecule has 6 nitrogen and oxygen atoms in total. The second-order valence-corrected chi connectivity index (χ2v) is 4.49. The van der Waals surface area contributed by atoms with Gasteiger partial charge in [0, 0.05) is 19.8 Å². The highest BCUT2D eigenvalue weighted by molar-refractivity contribution is 6.38. The van der Waals surface area contributed by atoms with Crippen LogP contribution in [-0.4, -0.2) is 46.7 Å². The van der Waals surface area contributed by atoms with Crippen LogP contribution in [0.25, 0.3) is 0 Å². The third-order valence-electron chi connectivity index (χ3n) is 2.74. The molecular formula is C12H12ClN5O. The zero-order valence-corrected chi connectivity index (χ0v) is 11.1. The summed E-state index contributed by atoms with van der Waals surface area (Å²) >= 11 is 5.70. The van der Waals surface area contributed by atoms with E-state index in [0.717, 1.165) is 5.56 Å². The Kier molecular flexibility index (Phi) is 3.97. The van der Waals surface area contributed by atoms with E-state index in [4.69, 9.17) is 11.6 Å². The molecule has 1 amide bonds. The molecule has 0 fully saturated rings. The first kappa shape index (κ1) is 13.3. The first-order valence-electron chi connectivity index (χ1n) is 5.69. The Morgan fingerprint density at radius 3 is 3.00 bits per heavy atom. The van der Waals surface area contributed by atoms with Gasteiger partial charge in [-0.15, -0.1) is 0 Å². The van der Waals surface area contributed by atoms with Crippen molar-refractivity contribution < 1.29 is 4.79 Å². The summed E-state index contributed by atoms with van der Waals surface area (Å²) in [7, 11) is 1.69. The average molecular weight is 278 g/mol. The van der Waals surface area contributed by atoms with Gasteiger partial charge < -0.3 is 4.90 Å². The summed E-state index contributed by atoms with van der Waals surface area (Å²) < 4.78 is 0. The van der Waals surface area contributed by atoms with Crippen LogP contribution in [0.15, 0.2) is 23.3 Å². The largest absolute Gasteiger partial charge is 0.337 e. The maximum Gasteiger partial charge on any atom is 0.290 e. The van der Waals surface area contributed by atoms with Crippen molar-refractivity contribution in [2.75, 3.05) is 20.1 Å². The van der Waals surface area contributed by atoms with E-state index in [1.54, 1.807) is 30.3 Å². The molecule has 1 aromatic rings. The van der Waals surface area contributed by atoms with Crippen LogP contribution < -0.4 is 0 Å². The number of hydrogen-bond donors (Lipinski definition) is 0. The van der Waals surface area contributed by atoms with Crippen LogP contribution in [0.3, 0.4) is 0 Å². The number of nitrogens with zero attached hydrogens (tertiary/aromatic N) is 5. The second-order valence-electron chi connectivity index (χ2n) is 4.11. The van der Waals surface area contributed by atoms with Gasteiger partial charge in [0.2, 0.25) is 5.84 Å². The summed E-state index contributed by atoms with van der Waals surface area (Å²) in [5, 5.41) is 9.56. The SMILES string of the molecule is CN1CCN=C(N(C#N)Cc2ccc(Cl)nc2)C1=O. The molecule has 7 heteroatoms. The molecule has 0 aromatic carbocycles. The zero-order chi connectivity index (χ0) is 13.8. The van der Waals surface area contributed by atoms with Crippen molar-refractivity contribution in [3.8, 4) is 6.19 Å². The number of carbonyl (C=O) groups excluding carboxylic acids is 1. The van der Waals surface area contributed by atoms with Crippen molar-refractivity contribution in [1.82, 2.24) is 14.8 Å². The maximum atomic E-state index is 11.9. The fraction of sp³-hybridized carbons (Fsp3) is 0.333. The summed E-state index contributed by atoms with van der Waals surface area (Å²) in [5.74, 6) is -0.0686. The van der Waals surface area contributed by atoms with E-state index in [-0.39, 0.29) is 18.3 Å². The van der Waals surface area contributed by atoms with E-state index >= 15 is 0 Å². The quantitative estimate of drug-likeness (QED) is 0.457. The molecule has 0 saturated heterocycles. The fourth-order valence-electron chi connectivity index (χ4n) is 1.69. The minimum Gasteiger partial charge on any atom is -0.337 e. The first-order valence-corrected chi connectivity index (χ1v) is 6.07. The molecule has 0 saturated carbocycles. The van der Waals surface area contributed by atoms with Gasteiger partial charge in [-0.3, -0.25) is 14.7 Å². The number of pyridine rings is 1. The third kappa shape index (κ3) is 3.01.